The maximum Gasteiger partial charge on any atom is 0.00389 e. The molecule has 0 amide bonds. The molecule has 0 aliphatic carbocycles. The van der Waals surface area contributed by atoms with Crippen molar-refractivity contribution in [1.29, 1.82) is 0 Å². The Kier molecular flexibility index (Phi) is 4.24. The Morgan fingerprint density at radius 1 is 1.22 bits per heavy atom. The second-order valence-electron chi connectivity index (χ2n) is 2.99. The summed E-state index contributed by atoms with van der Waals surface area (Å²) in [5.41, 5.74) is 0. The maximum atomic E-state index is 3.43. The van der Waals surface area contributed by atoms with Crippen LogP contribution in [-0.4, -0.2) is 12.6 Å². The molecule has 1 aliphatic heterocycles. The van der Waals surface area contributed by atoms with Crippen LogP contribution in [0.4, 0.5) is 0 Å². The van der Waals surface area contributed by atoms with E-state index in [0.717, 1.165) is 12.0 Å². The van der Waals surface area contributed by atoms with Crippen LogP contribution in [0.3, 0.4) is 0 Å². The number of halogens is 1. The molecule has 0 saturated carbocycles. The molecule has 0 aromatic rings. The highest BCUT2D eigenvalue weighted by Gasteiger charge is 2.11. The van der Waals surface area contributed by atoms with E-state index < -0.39 is 0 Å². The highest BCUT2D eigenvalue weighted by atomic mass is 35.5. The van der Waals surface area contributed by atoms with Gasteiger partial charge in [-0.05, 0) is 32.2 Å². The second-order valence-corrected chi connectivity index (χ2v) is 2.99. The van der Waals surface area contributed by atoms with Crippen LogP contribution in [0.5, 0.6) is 0 Å². The zero-order valence-electron chi connectivity index (χ0n) is 6.18. The van der Waals surface area contributed by atoms with Gasteiger partial charge in [0.25, 0.3) is 0 Å². The average Bonchev–Trinajstić information content (AvgIpc) is 1.77. The molecule has 0 unspecified atom stereocenters. The van der Waals surface area contributed by atoms with Crippen LogP contribution >= 0.6 is 12.4 Å². The minimum Gasteiger partial charge on any atom is -0.314 e. The van der Waals surface area contributed by atoms with Gasteiger partial charge in [0.15, 0.2) is 0 Å². The maximum absolute atomic E-state index is 3.43. The Morgan fingerprint density at radius 3 is 2.22 bits per heavy atom. The van der Waals surface area contributed by atoms with Gasteiger partial charge in [0.2, 0.25) is 0 Å². The molecule has 0 aromatic carbocycles. The Balaban J connectivity index is 0.000000640. The van der Waals surface area contributed by atoms with Gasteiger partial charge in [-0.15, -0.1) is 12.4 Å². The highest BCUT2D eigenvalue weighted by molar-refractivity contribution is 5.85. The van der Waals surface area contributed by atoms with E-state index in [2.05, 4.69) is 19.2 Å². The number of hydrogen-bond acceptors (Lipinski definition) is 1. The molecule has 1 fully saturated rings. The molecule has 0 spiro atoms. The molecular weight excluding hydrogens is 134 g/mol. The Morgan fingerprint density at radius 2 is 1.89 bits per heavy atom. The zero-order chi connectivity index (χ0) is 5.98. The summed E-state index contributed by atoms with van der Waals surface area (Å²) in [6.45, 7) is 5.78. The fraction of sp³-hybridized carbons (Fsp3) is 1.00. The fourth-order valence-corrected chi connectivity index (χ4v) is 1.14. The predicted octanol–water partition coefficient (Wildman–Crippen LogP) is 1.82. The molecule has 1 aliphatic rings. The van der Waals surface area contributed by atoms with Crippen molar-refractivity contribution in [3.05, 3.63) is 0 Å². The SMILES string of the molecule is C[C@H]1CC[C@H](C)NC1.Cl. The summed E-state index contributed by atoms with van der Waals surface area (Å²) in [6, 6.07) is 0.770. The van der Waals surface area contributed by atoms with E-state index in [1.807, 2.05) is 0 Å². The van der Waals surface area contributed by atoms with Crippen LogP contribution in [0.15, 0.2) is 0 Å². The van der Waals surface area contributed by atoms with Crippen molar-refractivity contribution in [2.45, 2.75) is 32.7 Å². The van der Waals surface area contributed by atoms with Gasteiger partial charge in [-0.3, -0.25) is 0 Å². The fourth-order valence-electron chi connectivity index (χ4n) is 1.14. The summed E-state index contributed by atoms with van der Waals surface area (Å²) in [5, 5.41) is 3.43. The number of hydrogen-bond donors (Lipinski definition) is 1. The average molecular weight is 150 g/mol. The molecule has 0 radical (unpaired) electrons. The van der Waals surface area contributed by atoms with E-state index in [4.69, 9.17) is 0 Å². The first-order valence-corrected chi connectivity index (χ1v) is 3.52. The summed E-state index contributed by atoms with van der Waals surface area (Å²) in [6.07, 6.45) is 2.77. The summed E-state index contributed by atoms with van der Waals surface area (Å²) >= 11 is 0. The van der Waals surface area contributed by atoms with Crippen molar-refractivity contribution in [3.63, 3.8) is 0 Å². The molecule has 0 bridgehead atoms. The third-order valence-corrected chi connectivity index (χ3v) is 1.91. The summed E-state index contributed by atoms with van der Waals surface area (Å²) in [7, 11) is 0. The molecule has 2 atom stereocenters. The lowest BCUT2D eigenvalue weighted by Crippen LogP contribution is -2.35. The van der Waals surface area contributed by atoms with Gasteiger partial charge >= 0.3 is 0 Å². The molecule has 2 heteroatoms. The van der Waals surface area contributed by atoms with Gasteiger partial charge < -0.3 is 5.32 Å². The molecule has 1 N–H and O–H groups in total. The van der Waals surface area contributed by atoms with Crippen LogP contribution in [0.1, 0.15) is 26.7 Å². The number of nitrogens with one attached hydrogen (secondary N) is 1. The highest BCUT2D eigenvalue weighted by Crippen LogP contribution is 2.11. The number of rotatable bonds is 0. The van der Waals surface area contributed by atoms with Crippen molar-refractivity contribution in [3.8, 4) is 0 Å². The van der Waals surface area contributed by atoms with Gasteiger partial charge in [-0.2, -0.15) is 0 Å². The first-order chi connectivity index (χ1) is 3.79. The Bertz CT molecular complexity index is 57.3. The predicted molar refractivity (Wildman–Crippen MR) is 43.1 cm³/mol. The van der Waals surface area contributed by atoms with E-state index in [1.165, 1.54) is 19.4 Å². The van der Waals surface area contributed by atoms with Gasteiger partial charge in [-0.25, -0.2) is 0 Å². The Labute approximate surface area is 63.6 Å². The van der Waals surface area contributed by atoms with Crippen LogP contribution in [0.2, 0.25) is 0 Å². The normalized spacial score (nSPS) is 35.3. The molecular formula is C7H16ClN. The molecule has 56 valence electrons. The van der Waals surface area contributed by atoms with E-state index in [-0.39, 0.29) is 12.4 Å². The third-order valence-electron chi connectivity index (χ3n) is 1.91. The van der Waals surface area contributed by atoms with Gasteiger partial charge in [-0.1, -0.05) is 6.92 Å². The lowest BCUT2D eigenvalue weighted by Gasteiger charge is -2.24. The molecule has 1 nitrogen and oxygen atoms in total. The monoisotopic (exact) mass is 149 g/mol. The van der Waals surface area contributed by atoms with Crippen molar-refractivity contribution in [1.82, 2.24) is 5.32 Å². The lowest BCUT2D eigenvalue weighted by atomic mass is 9.98. The van der Waals surface area contributed by atoms with Crippen LogP contribution in [-0.2, 0) is 0 Å². The first kappa shape index (κ1) is 9.25. The van der Waals surface area contributed by atoms with Crippen molar-refractivity contribution < 1.29 is 0 Å². The van der Waals surface area contributed by atoms with Crippen molar-refractivity contribution >= 4 is 12.4 Å². The third kappa shape index (κ3) is 3.07. The smallest absolute Gasteiger partial charge is 0.00389 e. The zero-order valence-corrected chi connectivity index (χ0v) is 7.00. The summed E-state index contributed by atoms with van der Waals surface area (Å²) < 4.78 is 0. The number of piperidine rings is 1. The van der Waals surface area contributed by atoms with E-state index in [0.29, 0.717) is 0 Å². The first-order valence-electron chi connectivity index (χ1n) is 3.52. The minimum absolute atomic E-state index is 0. The van der Waals surface area contributed by atoms with Crippen LogP contribution in [0, 0.1) is 5.92 Å². The molecule has 1 heterocycles. The lowest BCUT2D eigenvalue weighted by molar-refractivity contribution is 0.343. The van der Waals surface area contributed by atoms with Gasteiger partial charge in [0.05, 0.1) is 0 Å². The molecule has 0 aromatic heterocycles. The standard InChI is InChI=1S/C7H15N.ClH/c1-6-3-4-7(2)8-5-6;/h6-8H,3-5H2,1-2H3;1H/t6-,7-;/m0./s1. The second kappa shape index (κ2) is 4.13. The van der Waals surface area contributed by atoms with Crippen molar-refractivity contribution in [2.75, 3.05) is 6.54 Å². The van der Waals surface area contributed by atoms with Gasteiger partial charge in [0, 0.05) is 6.04 Å². The largest absolute Gasteiger partial charge is 0.314 e. The molecule has 1 rings (SSSR count). The summed E-state index contributed by atoms with van der Waals surface area (Å²) in [5.74, 6) is 0.909. The summed E-state index contributed by atoms with van der Waals surface area (Å²) in [4.78, 5) is 0. The molecule has 9 heavy (non-hydrogen) atoms. The van der Waals surface area contributed by atoms with E-state index in [9.17, 15) is 0 Å². The van der Waals surface area contributed by atoms with Crippen LogP contribution in [0.25, 0.3) is 0 Å². The minimum atomic E-state index is 0. The van der Waals surface area contributed by atoms with Gasteiger partial charge in [0.1, 0.15) is 0 Å². The van der Waals surface area contributed by atoms with Crippen molar-refractivity contribution in [2.24, 2.45) is 5.92 Å². The molecule has 1 saturated heterocycles. The van der Waals surface area contributed by atoms with Crippen LogP contribution < -0.4 is 5.32 Å². The topological polar surface area (TPSA) is 12.0 Å². The quantitative estimate of drug-likeness (QED) is 0.554. The van der Waals surface area contributed by atoms with E-state index in [1.54, 1.807) is 0 Å². The Hall–Kier alpha value is 0.250. The van der Waals surface area contributed by atoms with E-state index >= 15 is 0 Å².